The van der Waals surface area contributed by atoms with Crippen LogP contribution in [0.1, 0.15) is 19.8 Å². The minimum absolute atomic E-state index is 0.608. The molecule has 0 atom stereocenters. The van der Waals surface area contributed by atoms with Gasteiger partial charge in [-0.2, -0.15) is 0 Å². The van der Waals surface area contributed by atoms with E-state index >= 15 is 0 Å². The molecule has 0 amide bonds. The highest BCUT2D eigenvalue weighted by molar-refractivity contribution is 6.00. The summed E-state index contributed by atoms with van der Waals surface area (Å²) in [6, 6.07) is 6.60. The van der Waals surface area contributed by atoms with Crippen LogP contribution in [-0.2, 0) is 0 Å². The third-order valence-corrected chi connectivity index (χ3v) is 3.59. The molecule has 3 nitrogen and oxygen atoms in total. The lowest BCUT2D eigenvalue weighted by Crippen LogP contribution is -2.33. The van der Waals surface area contributed by atoms with Gasteiger partial charge >= 0.3 is 0 Å². The molecule has 0 aliphatic heterocycles. The lowest BCUT2D eigenvalue weighted by Gasteiger charge is -2.34. The van der Waals surface area contributed by atoms with Crippen molar-refractivity contribution in [2.75, 3.05) is 11.1 Å². The first-order valence-electron chi connectivity index (χ1n) is 6.13. The zero-order chi connectivity index (χ0) is 11.8. The van der Waals surface area contributed by atoms with Crippen LogP contribution in [0.4, 0.5) is 11.4 Å². The van der Waals surface area contributed by atoms with Crippen LogP contribution in [0.2, 0.25) is 0 Å². The van der Waals surface area contributed by atoms with Crippen LogP contribution in [0.15, 0.2) is 30.6 Å². The summed E-state index contributed by atoms with van der Waals surface area (Å²) in [7, 11) is 0. The summed E-state index contributed by atoms with van der Waals surface area (Å²) in [6.07, 6.45) is 6.18. The summed E-state index contributed by atoms with van der Waals surface area (Å²) in [5.41, 5.74) is 7.94. The molecule has 1 aromatic carbocycles. The molecule has 1 aliphatic rings. The number of hydrogen-bond donors (Lipinski definition) is 2. The van der Waals surface area contributed by atoms with E-state index in [4.69, 9.17) is 5.73 Å². The molecule has 0 radical (unpaired) electrons. The molecule has 88 valence electrons. The third kappa shape index (κ3) is 1.82. The zero-order valence-corrected chi connectivity index (χ0v) is 9.98. The summed E-state index contributed by atoms with van der Waals surface area (Å²) < 4.78 is 0. The largest absolute Gasteiger partial charge is 0.398 e. The Morgan fingerprint density at radius 1 is 1.24 bits per heavy atom. The van der Waals surface area contributed by atoms with Gasteiger partial charge in [-0.1, -0.05) is 6.92 Å². The maximum atomic E-state index is 5.97. The minimum atomic E-state index is 0.608. The molecule has 3 rings (SSSR count). The summed E-state index contributed by atoms with van der Waals surface area (Å²) >= 11 is 0. The van der Waals surface area contributed by atoms with E-state index in [2.05, 4.69) is 23.3 Å². The number of pyridine rings is 1. The van der Waals surface area contributed by atoms with Gasteiger partial charge < -0.3 is 11.1 Å². The van der Waals surface area contributed by atoms with Gasteiger partial charge in [0, 0.05) is 40.6 Å². The zero-order valence-electron chi connectivity index (χ0n) is 9.98. The Bertz CT molecular complexity index is 544. The van der Waals surface area contributed by atoms with E-state index in [0.29, 0.717) is 6.04 Å². The fourth-order valence-corrected chi connectivity index (χ4v) is 2.58. The Kier molecular flexibility index (Phi) is 2.39. The Morgan fingerprint density at radius 3 is 2.82 bits per heavy atom. The molecule has 3 heteroatoms. The first-order chi connectivity index (χ1) is 8.24. The Balaban J connectivity index is 1.96. The molecule has 1 heterocycles. The number of nitrogens with two attached hydrogens (primary N) is 1. The van der Waals surface area contributed by atoms with Crippen LogP contribution in [0.3, 0.4) is 0 Å². The van der Waals surface area contributed by atoms with E-state index < -0.39 is 0 Å². The fraction of sp³-hybridized carbons (Fsp3) is 0.357. The Hall–Kier alpha value is -1.77. The summed E-state index contributed by atoms with van der Waals surface area (Å²) in [4.78, 5) is 4.19. The van der Waals surface area contributed by atoms with Crippen LogP contribution in [0.5, 0.6) is 0 Å². The summed E-state index contributed by atoms with van der Waals surface area (Å²) in [5, 5.41) is 5.78. The van der Waals surface area contributed by atoms with Crippen molar-refractivity contribution >= 4 is 22.1 Å². The first kappa shape index (κ1) is 10.4. The number of nitrogens with zero attached hydrogens (tertiary/aromatic N) is 1. The standard InChI is InChI=1S/C14H17N3/c1-9-6-10(7-9)17-14-3-2-13(15)11-4-5-16-8-12(11)14/h2-5,8-10,17H,6-7,15H2,1H3. The second-order valence-corrected chi connectivity index (χ2v) is 5.04. The molecule has 1 aliphatic carbocycles. The normalized spacial score (nSPS) is 23.4. The summed E-state index contributed by atoms with van der Waals surface area (Å²) in [5.74, 6) is 0.852. The van der Waals surface area contributed by atoms with Crippen LogP contribution >= 0.6 is 0 Å². The predicted octanol–water partition coefficient (Wildman–Crippen LogP) is 3.03. The Morgan fingerprint density at radius 2 is 2.06 bits per heavy atom. The highest BCUT2D eigenvalue weighted by Gasteiger charge is 2.25. The quantitative estimate of drug-likeness (QED) is 0.775. The van der Waals surface area contributed by atoms with Crippen molar-refractivity contribution in [1.29, 1.82) is 0 Å². The van der Waals surface area contributed by atoms with Gasteiger partial charge in [-0.05, 0) is 37.0 Å². The minimum Gasteiger partial charge on any atom is -0.398 e. The molecule has 17 heavy (non-hydrogen) atoms. The average Bonchev–Trinajstić information content (AvgIpc) is 2.31. The van der Waals surface area contributed by atoms with Crippen molar-refractivity contribution in [3.05, 3.63) is 30.6 Å². The number of nitrogens with one attached hydrogen (secondary N) is 1. The topological polar surface area (TPSA) is 50.9 Å². The predicted molar refractivity (Wildman–Crippen MR) is 72.0 cm³/mol. The maximum Gasteiger partial charge on any atom is 0.0439 e. The summed E-state index contributed by atoms with van der Waals surface area (Å²) in [6.45, 7) is 2.29. The van der Waals surface area contributed by atoms with Gasteiger partial charge in [0.15, 0.2) is 0 Å². The van der Waals surface area contributed by atoms with E-state index in [0.717, 1.165) is 28.1 Å². The lowest BCUT2D eigenvalue weighted by molar-refractivity contribution is 0.309. The molecule has 2 aromatic rings. The number of fused-ring (bicyclic) bond motifs is 1. The number of benzene rings is 1. The molecule has 0 saturated heterocycles. The van der Waals surface area contributed by atoms with E-state index in [1.807, 2.05) is 18.3 Å². The number of rotatable bonds is 2. The van der Waals surface area contributed by atoms with Crippen LogP contribution in [0, 0.1) is 5.92 Å². The van der Waals surface area contributed by atoms with E-state index in [9.17, 15) is 0 Å². The molecule has 1 saturated carbocycles. The third-order valence-electron chi connectivity index (χ3n) is 3.59. The SMILES string of the molecule is CC1CC(Nc2ccc(N)c3ccncc23)C1. The Labute approximate surface area is 101 Å². The average molecular weight is 227 g/mol. The van der Waals surface area contributed by atoms with Crippen molar-refractivity contribution in [3.63, 3.8) is 0 Å². The molecule has 0 unspecified atom stereocenters. The number of hydrogen-bond acceptors (Lipinski definition) is 3. The van der Waals surface area contributed by atoms with Crippen molar-refractivity contribution in [2.24, 2.45) is 5.92 Å². The number of nitrogen functional groups attached to an aromatic ring is 1. The van der Waals surface area contributed by atoms with Gasteiger partial charge in [-0.25, -0.2) is 0 Å². The molecule has 0 bridgehead atoms. The second kappa shape index (κ2) is 3.91. The maximum absolute atomic E-state index is 5.97. The van der Waals surface area contributed by atoms with Crippen LogP contribution in [0.25, 0.3) is 10.8 Å². The van der Waals surface area contributed by atoms with Crippen molar-refractivity contribution in [2.45, 2.75) is 25.8 Å². The molecule has 1 fully saturated rings. The second-order valence-electron chi connectivity index (χ2n) is 5.04. The van der Waals surface area contributed by atoms with Crippen LogP contribution < -0.4 is 11.1 Å². The van der Waals surface area contributed by atoms with E-state index in [-0.39, 0.29) is 0 Å². The fourth-order valence-electron chi connectivity index (χ4n) is 2.58. The first-order valence-corrected chi connectivity index (χ1v) is 6.13. The van der Waals surface area contributed by atoms with Gasteiger partial charge in [0.1, 0.15) is 0 Å². The molecular formula is C14H17N3. The van der Waals surface area contributed by atoms with Crippen molar-refractivity contribution in [1.82, 2.24) is 4.98 Å². The highest BCUT2D eigenvalue weighted by Crippen LogP contribution is 2.33. The van der Waals surface area contributed by atoms with Gasteiger partial charge in [-0.3, -0.25) is 4.98 Å². The van der Waals surface area contributed by atoms with Gasteiger partial charge in [0.25, 0.3) is 0 Å². The number of aromatic nitrogens is 1. The highest BCUT2D eigenvalue weighted by atomic mass is 14.9. The van der Waals surface area contributed by atoms with Crippen LogP contribution in [-0.4, -0.2) is 11.0 Å². The smallest absolute Gasteiger partial charge is 0.0439 e. The molecule has 3 N–H and O–H groups in total. The van der Waals surface area contributed by atoms with Crippen molar-refractivity contribution < 1.29 is 0 Å². The van der Waals surface area contributed by atoms with E-state index in [1.165, 1.54) is 12.8 Å². The number of anilines is 2. The van der Waals surface area contributed by atoms with E-state index in [1.54, 1.807) is 6.20 Å². The lowest BCUT2D eigenvalue weighted by atomic mass is 9.81. The van der Waals surface area contributed by atoms with Gasteiger partial charge in [-0.15, -0.1) is 0 Å². The monoisotopic (exact) mass is 227 g/mol. The molecular weight excluding hydrogens is 210 g/mol. The van der Waals surface area contributed by atoms with Gasteiger partial charge in [0.2, 0.25) is 0 Å². The molecule has 0 spiro atoms. The van der Waals surface area contributed by atoms with Gasteiger partial charge in [0.05, 0.1) is 0 Å². The molecule has 1 aromatic heterocycles. The van der Waals surface area contributed by atoms with Crippen molar-refractivity contribution in [3.8, 4) is 0 Å².